The van der Waals surface area contributed by atoms with Gasteiger partial charge in [-0.1, -0.05) is 18.2 Å². The maximum atomic E-state index is 11.3. The average Bonchev–Trinajstić information content (AvgIpc) is 3.00. The summed E-state index contributed by atoms with van der Waals surface area (Å²) in [6, 6.07) is 13.0. The Balaban J connectivity index is 2.10. The van der Waals surface area contributed by atoms with Crippen molar-refractivity contribution in [2.24, 2.45) is 0 Å². The highest BCUT2D eigenvalue weighted by Crippen LogP contribution is 2.25. The van der Waals surface area contributed by atoms with Crippen molar-refractivity contribution in [2.75, 3.05) is 7.11 Å². The lowest BCUT2D eigenvalue weighted by atomic mass is 10.1. The number of hydrogen-bond donors (Lipinski definition) is 0. The van der Waals surface area contributed by atoms with Gasteiger partial charge in [-0.05, 0) is 24.3 Å². The average molecular weight is 279 g/mol. The Morgan fingerprint density at radius 2 is 2.10 bits per heavy atom. The number of aromatic nitrogens is 3. The van der Waals surface area contributed by atoms with E-state index in [1.54, 1.807) is 24.2 Å². The first-order valence-corrected chi connectivity index (χ1v) is 6.42. The van der Waals surface area contributed by atoms with E-state index in [1.807, 2.05) is 42.5 Å². The molecule has 1 aromatic carbocycles. The number of benzene rings is 1. The van der Waals surface area contributed by atoms with Gasteiger partial charge in [-0.3, -0.25) is 4.79 Å². The fourth-order valence-corrected chi connectivity index (χ4v) is 2.07. The SMILES string of the molecule is COc1cccc(-c2nn(-c3ccccn3)cc2C=O)c1. The number of methoxy groups -OCH3 is 1. The maximum absolute atomic E-state index is 11.3. The Bertz CT molecular complexity index is 766. The third-order valence-corrected chi connectivity index (χ3v) is 3.10. The molecule has 0 N–H and O–H groups in total. The van der Waals surface area contributed by atoms with E-state index in [4.69, 9.17) is 4.74 Å². The van der Waals surface area contributed by atoms with Crippen molar-refractivity contribution >= 4 is 6.29 Å². The zero-order valence-corrected chi connectivity index (χ0v) is 11.4. The Kier molecular flexibility index (Phi) is 3.47. The molecule has 2 aromatic heterocycles. The summed E-state index contributed by atoms with van der Waals surface area (Å²) in [7, 11) is 1.60. The van der Waals surface area contributed by atoms with E-state index < -0.39 is 0 Å². The number of nitrogens with zero attached hydrogens (tertiary/aromatic N) is 3. The quantitative estimate of drug-likeness (QED) is 0.689. The molecule has 0 aliphatic carbocycles. The summed E-state index contributed by atoms with van der Waals surface area (Å²) < 4.78 is 6.80. The maximum Gasteiger partial charge on any atom is 0.153 e. The van der Waals surface area contributed by atoms with Gasteiger partial charge in [-0.15, -0.1) is 0 Å². The summed E-state index contributed by atoms with van der Waals surface area (Å²) in [4.78, 5) is 15.5. The smallest absolute Gasteiger partial charge is 0.153 e. The predicted molar refractivity (Wildman–Crippen MR) is 78.7 cm³/mol. The molecule has 21 heavy (non-hydrogen) atoms. The van der Waals surface area contributed by atoms with Gasteiger partial charge < -0.3 is 4.74 Å². The molecule has 0 spiro atoms. The highest BCUT2D eigenvalue weighted by molar-refractivity contribution is 5.85. The van der Waals surface area contributed by atoms with Crippen LogP contribution in [0.3, 0.4) is 0 Å². The summed E-state index contributed by atoms with van der Waals surface area (Å²) in [5.41, 5.74) is 1.94. The number of carbonyl (C=O) groups excluding carboxylic acids is 1. The van der Waals surface area contributed by atoms with Crippen molar-refractivity contribution in [1.82, 2.24) is 14.8 Å². The molecule has 0 fully saturated rings. The molecule has 0 saturated carbocycles. The lowest BCUT2D eigenvalue weighted by Gasteiger charge is -2.02. The lowest BCUT2D eigenvalue weighted by Crippen LogP contribution is -1.97. The molecule has 0 bridgehead atoms. The van der Waals surface area contributed by atoms with Crippen molar-refractivity contribution in [3.63, 3.8) is 0 Å². The molecule has 0 aliphatic heterocycles. The van der Waals surface area contributed by atoms with E-state index in [2.05, 4.69) is 10.1 Å². The van der Waals surface area contributed by atoms with Crippen molar-refractivity contribution < 1.29 is 9.53 Å². The minimum atomic E-state index is 0.508. The number of aldehydes is 1. The topological polar surface area (TPSA) is 57.0 Å². The van der Waals surface area contributed by atoms with Crippen LogP contribution in [0.1, 0.15) is 10.4 Å². The third-order valence-electron chi connectivity index (χ3n) is 3.10. The van der Waals surface area contributed by atoms with Crippen molar-refractivity contribution in [3.05, 3.63) is 60.4 Å². The number of carbonyl (C=O) groups is 1. The number of pyridine rings is 1. The molecular formula is C16H13N3O2. The minimum Gasteiger partial charge on any atom is -0.497 e. The van der Waals surface area contributed by atoms with Gasteiger partial charge in [0.25, 0.3) is 0 Å². The Hall–Kier alpha value is -2.95. The Morgan fingerprint density at radius 1 is 1.19 bits per heavy atom. The normalized spacial score (nSPS) is 10.3. The largest absolute Gasteiger partial charge is 0.497 e. The van der Waals surface area contributed by atoms with E-state index >= 15 is 0 Å². The van der Waals surface area contributed by atoms with Gasteiger partial charge in [0.1, 0.15) is 11.4 Å². The summed E-state index contributed by atoms with van der Waals surface area (Å²) in [5.74, 6) is 1.38. The summed E-state index contributed by atoms with van der Waals surface area (Å²) in [5, 5.41) is 4.46. The zero-order chi connectivity index (χ0) is 14.7. The first-order chi connectivity index (χ1) is 10.3. The highest BCUT2D eigenvalue weighted by Gasteiger charge is 2.12. The zero-order valence-electron chi connectivity index (χ0n) is 11.4. The van der Waals surface area contributed by atoms with Crippen LogP contribution in [-0.2, 0) is 0 Å². The van der Waals surface area contributed by atoms with Gasteiger partial charge in [0.2, 0.25) is 0 Å². The number of rotatable bonds is 4. The van der Waals surface area contributed by atoms with Crippen LogP contribution >= 0.6 is 0 Å². The molecule has 0 aliphatic rings. The first kappa shape index (κ1) is 13.1. The minimum absolute atomic E-state index is 0.508. The first-order valence-electron chi connectivity index (χ1n) is 6.42. The molecule has 5 heteroatoms. The van der Waals surface area contributed by atoms with Crippen LogP contribution in [0.4, 0.5) is 0 Å². The molecule has 0 amide bonds. The molecule has 3 aromatic rings. The second-order valence-electron chi connectivity index (χ2n) is 4.42. The monoisotopic (exact) mass is 279 g/mol. The molecule has 0 unspecified atom stereocenters. The molecule has 0 atom stereocenters. The van der Waals surface area contributed by atoms with Gasteiger partial charge in [0, 0.05) is 18.0 Å². The molecular weight excluding hydrogens is 266 g/mol. The highest BCUT2D eigenvalue weighted by atomic mass is 16.5. The second kappa shape index (κ2) is 5.58. The van der Waals surface area contributed by atoms with Crippen molar-refractivity contribution in [1.29, 1.82) is 0 Å². The van der Waals surface area contributed by atoms with Gasteiger partial charge in [0.05, 0.1) is 12.7 Å². The third kappa shape index (κ3) is 2.53. The van der Waals surface area contributed by atoms with Crippen LogP contribution < -0.4 is 4.74 Å². The van der Waals surface area contributed by atoms with E-state index in [-0.39, 0.29) is 0 Å². The number of ether oxygens (including phenoxy) is 1. The van der Waals surface area contributed by atoms with Crippen LogP contribution in [-0.4, -0.2) is 28.2 Å². The second-order valence-corrected chi connectivity index (χ2v) is 4.42. The van der Waals surface area contributed by atoms with Gasteiger partial charge in [-0.25, -0.2) is 9.67 Å². The van der Waals surface area contributed by atoms with E-state index in [0.717, 1.165) is 17.6 Å². The number of hydrogen-bond acceptors (Lipinski definition) is 4. The van der Waals surface area contributed by atoms with Gasteiger partial charge >= 0.3 is 0 Å². The van der Waals surface area contributed by atoms with Gasteiger partial charge in [0.15, 0.2) is 12.1 Å². The summed E-state index contributed by atoms with van der Waals surface area (Å²) in [6.45, 7) is 0. The van der Waals surface area contributed by atoms with E-state index in [0.29, 0.717) is 17.1 Å². The molecule has 5 nitrogen and oxygen atoms in total. The van der Waals surface area contributed by atoms with Crippen LogP contribution in [0, 0.1) is 0 Å². The van der Waals surface area contributed by atoms with E-state index in [1.165, 1.54) is 0 Å². The molecule has 2 heterocycles. The fourth-order valence-electron chi connectivity index (χ4n) is 2.07. The predicted octanol–water partition coefficient (Wildman–Crippen LogP) is 2.76. The van der Waals surface area contributed by atoms with Crippen LogP contribution in [0.15, 0.2) is 54.9 Å². The molecule has 0 saturated heterocycles. The molecule has 3 rings (SSSR count). The van der Waals surface area contributed by atoms with Crippen LogP contribution in [0.5, 0.6) is 5.75 Å². The Morgan fingerprint density at radius 3 is 2.81 bits per heavy atom. The molecule has 104 valence electrons. The standard InChI is InChI=1S/C16H13N3O2/c1-21-14-6-4-5-12(9-14)16-13(11-20)10-19(18-16)15-7-2-3-8-17-15/h2-11H,1H3. The lowest BCUT2D eigenvalue weighted by molar-refractivity contribution is 0.112. The van der Waals surface area contributed by atoms with Crippen LogP contribution in [0.2, 0.25) is 0 Å². The van der Waals surface area contributed by atoms with Crippen molar-refractivity contribution in [2.45, 2.75) is 0 Å². The Labute approximate surface area is 121 Å². The fraction of sp³-hybridized carbons (Fsp3) is 0.0625. The summed E-state index contributed by atoms with van der Waals surface area (Å²) in [6.07, 6.45) is 4.15. The van der Waals surface area contributed by atoms with Crippen LogP contribution in [0.25, 0.3) is 17.1 Å². The van der Waals surface area contributed by atoms with Crippen molar-refractivity contribution in [3.8, 4) is 22.8 Å². The van der Waals surface area contributed by atoms with Gasteiger partial charge in [-0.2, -0.15) is 5.10 Å². The molecule has 0 radical (unpaired) electrons. The summed E-state index contributed by atoms with van der Waals surface area (Å²) >= 11 is 0. The van der Waals surface area contributed by atoms with E-state index in [9.17, 15) is 4.79 Å².